The van der Waals surface area contributed by atoms with Gasteiger partial charge in [-0.15, -0.1) is 0 Å². The molecule has 0 saturated heterocycles. The van der Waals surface area contributed by atoms with E-state index in [0.717, 1.165) is 11.4 Å². The van der Waals surface area contributed by atoms with Crippen LogP contribution in [0.5, 0.6) is 5.75 Å². The molecule has 1 N–H and O–H groups in total. The van der Waals surface area contributed by atoms with E-state index in [1.165, 1.54) is 12.1 Å². The fourth-order valence-corrected chi connectivity index (χ4v) is 2.41. The highest BCUT2D eigenvalue weighted by atomic mass is 32.1. The number of ether oxygens (including phenoxy) is 1. The minimum Gasteiger partial charge on any atom is -0.486 e. The lowest BCUT2D eigenvalue weighted by Gasteiger charge is -2.07. The van der Waals surface area contributed by atoms with Crippen LogP contribution in [0.2, 0.25) is 0 Å². The highest BCUT2D eigenvalue weighted by Gasteiger charge is 2.13. The number of nitrogens with zero attached hydrogens (tertiary/aromatic N) is 4. The van der Waals surface area contributed by atoms with Gasteiger partial charge in [0.15, 0.2) is 10.6 Å². The van der Waals surface area contributed by atoms with Gasteiger partial charge in [-0.2, -0.15) is 10.2 Å². The van der Waals surface area contributed by atoms with Crippen LogP contribution in [-0.2, 0) is 13.7 Å². The fourth-order valence-electron chi connectivity index (χ4n) is 2.16. The zero-order valence-corrected chi connectivity index (χ0v) is 12.9. The van der Waals surface area contributed by atoms with Crippen molar-refractivity contribution in [1.29, 1.82) is 0 Å². The van der Waals surface area contributed by atoms with Gasteiger partial charge in [0, 0.05) is 13.2 Å². The third kappa shape index (κ3) is 2.77. The van der Waals surface area contributed by atoms with E-state index in [-0.39, 0.29) is 12.4 Å². The zero-order chi connectivity index (χ0) is 15.7. The number of hydrogen-bond acceptors (Lipinski definition) is 4. The molecule has 22 heavy (non-hydrogen) atoms. The summed E-state index contributed by atoms with van der Waals surface area (Å²) in [5.74, 6) is 0.871. The van der Waals surface area contributed by atoms with Crippen LogP contribution in [0.1, 0.15) is 11.5 Å². The molecular weight excluding hydrogens is 305 g/mol. The monoisotopic (exact) mass is 319 g/mol. The Bertz CT molecular complexity index is 849. The normalized spacial score (nSPS) is 10.9. The van der Waals surface area contributed by atoms with Gasteiger partial charge < -0.3 is 4.74 Å². The second-order valence-corrected chi connectivity index (χ2v) is 5.18. The van der Waals surface area contributed by atoms with Gasteiger partial charge in [-0.1, -0.05) is 0 Å². The first kappa shape index (κ1) is 14.5. The van der Waals surface area contributed by atoms with Crippen molar-refractivity contribution in [3.8, 4) is 11.4 Å². The summed E-state index contributed by atoms with van der Waals surface area (Å²) < 4.78 is 22.5. The lowest BCUT2D eigenvalue weighted by molar-refractivity contribution is 0.293. The van der Waals surface area contributed by atoms with E-state index in [0.29, 0.717) is 16.3 Å². The largest absolute Gasteiger partial charge is 0.486 e. The van der Waals surface area contributed by atoms with Crippen molar-refractivity contribution in [3.63, 3.8) is 0 Å². The molecule has 6 nitrogen and oxygen atoms in total. The van der Waals surface area contributed by atoms with Crippen molar-refractivity contribution in [1.82, 2.24) is 24.5 Å². The molecule has 2 heterocycles. The Morgan fingerprint density at radius 3 is 2.68 bits per heavy atom. The van der Waals surface area contributed by atoms with Crippen molar-refractivity contribution in [2.24, 2.45) is 7.05 Å². The number of rotatable bonds is 4. The maximum Gasteiger partial charge on any atom is 0.200 e. The molecule has 0 bridgehead atoms. The molecule has 114 valence electrons. The predicted molar refractivity (Wildman–Crippen MR) is 81.0 cm³/mol. The van der Waals surface area contributed by atoms with Crippen LogP contribution < -0.4 is 4.74 Å². The molecule has 0 atom stereocenters. The molecule has 0 amide bonds. The molecule has 0 aliphatic heterocycles. The molecule has 0 aliphatic carbocycles. The average molecular weight is 319 g/mol. The van der Waals surface area contributed by atoms with Gasteiger partial charge >= 0.3 is 0 Å². The smallest absolute Gasteiger partial charge is 0.200 e. The van der Waals surface area contributed by atoms with Gasteiger partial charge in [0.1, 0.15) is 18.2 Å². The lowest BCUT2D eigenvalue weighted by Crippen LogP contribution is -2.06. The number of halogens is 1. The molecule has 0 fully saturated rings. The maximum absolute atomic E-state index is 12.9. The van der Waals surface area contributed by atoms with E-state index in [2.05, 4.69) is 15.3 Å². The fraction of sp³-hybridized carbons (Fsp3) is 0.214. The summed E-state index contributed by atoms with van der Waals surface area (Å²) >= 11 is 5.27. The molecule has 0 saturated carbocycles. The number of aryl methyl sites for hydroxylation is 2. The SMILES string of the molecule is Cc1nn(C)cc1-n1c(COc2ccc(F)cc2)n[nH]c1=S. The van der Waals surface area contributed by atoms with Crippen LogP contribution in [0.15, 0.2) is 30.5 Å². The minimum atomic E-state index is -0.305. The van der Waals surface area contributed by atoms with Gasteiger partial charge in [-0.05, 0) is 43.4 Å². The minimum absolute atomic E-state index is 0.201. The summed E-state index contributed by atoms with van der Waals surface area (Å²) in [5.41, 5.74) is 1.68. The summed E-state index contributed by atoms with van der Waals surface area (Å²) in [6, 6.07) is 5.82. The predicted octanol–water partition coefficient (Wildman–Crippen LogP) is 2.69. The number of benzene rings is 1. The molecule has 3 rings (SSSR count). The highest BCUT2D eigenvalue weighted by molar-refractivity contribution is 7.71. The molecule has 0 spiro atoms. The van der Waals surface area contributed by atoms with Gasteiger partial charge in [0.25, 0.3) is 0 Å². The van der Waals surface area contributed by atoms with Gasteiger partial charge in [-0.25, -0.2) is 4.39 Å². The second-order valence-electron chi connectivity index (χ2n) is 4.80. The molecule has 2 aromatic heterocycles. The van der Waals surface area contributed by atoms with Crippen LogP contribution in [0.25, 0.3) is 5.69 Å². The summed E-state index contributed by atoms with van der Waals surface area (Å²) in [4.78, 5) is 0. The van der Waals surface area contributed by atoms with Crippen molar-refractivity contribution in [3.05, 3.63) is 52.6 Å². The summed E-state index contributed by atoms with van der Waals surface area (Å²) in [7, 11) is 1.84. The van der Waals surface area contributed by atoms with Crippen molar-refractivity contribution in [2.45, 2.75) is 13.5 Å². The highest BCUT2D eigenvalue weighted by Crippen LogP contribution is 2.17. The van der Waals surface area contributed by atoms with Crippen LogP contribution in [0.4, 0.5) is 4.39 Å². The first-order chi connectivity index (χ1) is 10.5. The third-order valence-electron chi connectivity index (χ3n) is 3.15. The number of nitrogens with one attached hydrogen (secondary N) is 1. The van der Waals surface area contributed by atoms with E-state index in [1.807, 2.05) is 20.2 Å². The van der Waals surface area contributed by atoms with E-state index in [4.69, 9.17) is 17.0 Å². The Morgan fingerprint density at radius 1 is 1.32 bits per heavy atom. The van der Waals surface area contributed by atoms with Gasteiger partial charge in [-0.3, -0.25) is 14.3 Å². The Hall–Kier alpha value is -2.48. The Morgan fingerprint density at radius 2 is 2.05 bits per heavy atom. The molecular formula is C14H14FN5OS. The van der Waals surface area contributed by atoms with Crippen molar-refractivity contribution >= 4 is 12.2 Å². The molecule has 0 unspecified atom stereocenters. The van der Waals surface area contributed by atoms with Crippen LogP contribution >= 0.6 is 12.2 Å². The molecule has 0 aliphatic rings. The van der Waals surface area contributed by atoms with E-state index >= 15 is 0 Å². The number of aromatic nitrogens is 5. The molecule has 8 heteroatoms. The zero-order valence-electron chi connectivity index (χ0n) is 12.1. The summed E-state index contributed by atoms with van der Waals surface area (Å²) in [6.45, 7) is 2.10. The quantitative estimate of drug-likeness (QED) is 0.751. The van der Waals surface area contributed by atoms with Crippen molar-refractivity contribution < 1.29 is 9.13 Å². The van der Waals surface area contributed by atoms with E-state index in [1.54, 1.807) is 21.4 Å². The lowest BCUT2D eigenvalue weighted by atomic mass is 10.3. The first-order valence-corrected chi connectivity index (χ1v) is 7.00. The number of aromatic amines is 1. The molecule has 3 aromatic rings. The van der Waals surface area contributed by atoms with E-state index in [9.17, 15) is 4.39 Å². The Balaban J connectivity index is 1.88. The number of hydrogen-bond donors (Lipinski definition) is 1. The van der Waals surface area contributed by atoms with Gasteiger partial charge in [0.2, 0.25) is 0 Å². The Labute approximate surface area is 131 Å². The molecule has 0 radical (unpaired) electrons. The molecule has 1 aromatic carbocycles. The van der Waals surface area contributed by atoms with E-state index < -0.39 is 0 Å². The topological polar surface area (TPSA) is 60.7 Å². The third-order valence-corrected chi connectivity index (χ3v) is 3.43. The Kier molecular flexibility index (Phi) is 3.76. The standard InChI is InChI=1S/C14H14FN5OS/c1-9-12(7-19(2)18-9)20-13(16-17-14(20)22)8-21-11-5-3-10(15)4-6-11/h3-7H,8H2,1-2H3,(H,17,22). The van der Waals surface area contributed by atoms with Crippen LogP contribution in [0, 0.1) is 17.5 Å². The maximum atomic E-state index is 12.9. The van der Waals surface area contributed by atoms with Crippen LogP contribution in [-0.4, -0.2) is 24.5 Å². The van der Waals surface area contributed by atoms with Crippen molar-refractivity contribution in [2.75, 3.05) is 0 Å². The first-order valence-electron chi connectivity index (χ1n) is 6.60. The summed E-state index contributed by atoms with van der Waals surface area (Å²) in [5, 5.41) is 11.2. The average Bonchev–Trinajstić information content (AvgIpc) is 3.00. The summed E-state index contributed by atoms with van der Waals surface area (Å²) in [6.07, 6.45) is 1.86. The van der Waals surface area contributed by atoms with Gasteiger partial charge in [0.05, 0.1) is 11.4 Å². The number of H-pyrrole nitrogens is 1. The second kappa shape index (κ2) is 5.72. The van der Waals surface area contributed by atoms with Crippen LogP contribution in [0.3, 0.4) is 0 Å².